The fourth-order valence-electron chi connectivity index (χ4n) is 1.94. The van der Waals surface area contributed by atoms with Gasteiger partial charge in [-0.2, -0.15) is 36.4 Å². The Morgan fingerprint density at radius 2 is 0.903 bits per heavy atom. The Kier molecular flexibility index (Phi) is 18.5. The number of aromatic hydroxyl groups is 2. The molecule has 0 fully saturated rings. The summed E-state index contributed by atoms with van der Waals surface area (Å²) >= 11 is 7.69. The van der Waals surface area contributed by atoms with E-state index in [0.717, 1.165) is 0 Å². The van der Waals surface area contributed by atoms with Crippen molar-refractivity contribution < 1.29 is 45.9 Å². The average molecular weight is 534 g/mol. The number of phenolic OH excluding ortho intramolecular Hbond substituents is 2. The van der Waals surface area contributed by atoms with Crippen molar-refractivity contribution >= 4 is 25.3 Å². The van der Waals surface area contributed by atoms with Crippen molar-refractivity contribution in [2.45, 2.75) is 0 Å². The number of rotatable bonds is 4. The molecular weight excluding hydrogens is 508 g/mol. The number of ether oxygens (including phenoxy) is 2. The Hall–Kier alpha value is -2.08. The standard InChI is InChI=1S/2C7H8O2S.2C5H5.Zr/c2*8-6-3-1-2-4-7(6)9-5-10;2*1-2-4-5-3-1;/h2*1-4,8,10H,5H2;2*1-5H;/q;;2*-1;+2. The maximum Gasteiger partial charge on any atom is 2.00 e. The van der Waals surface area contributed by atoms with E-state index in [9.17, 15) is 0 Å². The summed E-state index contributed by atoms with van der Waals surface area (Å²) in [6.07, 6.45) is 0. The fraction of sp³-hybridized carbons (Fsp3) is 0.0833. The molecule has 0 saturated heterocycles. The van der Waals surface area contributed by atoms with Crippen LogP contribution >= 0.6 is 25.3 Å². The van der Waals surface area contributed by atoms with Gasteiger partial charge < -0.3 is 19.7 Å². The molecule has 0 unspecified atom stereocenters. The van der Waals surface area contributed by atoms with E-state index in [4.69, 9.17) is 19.7 Å². The van der Waals surface area contributed by atoms with Crippen LogP contribution in [0.3, 0.4) is 0 Å². The van der Waals surface area contributed by atoms with Crippen LogP contribution in [0.4, 0.5) is 0 Å². The van der Waals surface area contributed by atoms with Crippen molar-refractivity contribution in [3.8, 4) is 23.0 Å². The van der Waals surface area contributed by atoms with E-state index in [1.54, 1.807) is 48.5 Å². The van der Waals surface area contributed by atoms with E-state index >= 15 is 0 Å². The van der Waals surface area contributed by atoms with Crippen LogP contribution in [0.5, 0.6) is 23.0 Å². The van der Waals surface area contributed by atoms with E-state index in [2.05, 4.69) is 25.3 Å². The SMILES string of the molecule is Oc1ccccc1OCS.Oc1ccccc1OCS.[Zr+2].c1cc[cH-]c1.c1cc[cH-]c1. The molecule has 0 spiro atoms. The van der Waals surface area contributed by atoms with E-state index < -0.39 is 0 Å². The summed E-state index contributed by atoms with van der Waals surface area (Å²) < 4.78 is 9.90. The van der Waals surface area contributed by atoms with Gasteiger partial charge in [-0.05, 0) is 24.3 Å². The molecule has 7 heteroatoms. The first kappa shape index (κ1) is 28.9. The molecule has 4 rings (SSSR count). The maximum absolute atomic E-state index is 9.08. The van der Waals surface area contributed by atoms with Crippen LogP contribution in [0.2, 0.25) is 0 Å². The predicted molar refractivity (Wildman–Crippen MR) is 129 cm³/mol. The molecule has 0 saturated carbocycles. The average Bonchev–Trinajstić information content (AvgIpc) is 3.52. The van der Waals surface area contributed by atoms with Crippen LogP contribution in [-0.2, 0) is 26.2 Å². The van der Waals surface area contributed by atoms with Crippen LogP contribution in [0.15, 0.2) is 109 Å². The van der Waals surface area contributed by atoms with Crippen molar-refractivity contribution in [3.05, 3.63) is 109 Å². The summed E-state index contributed by atoms with van der Waals surface area (Å²) in [4.78, 5) is 0. The monoisotopic (exact) mass is 532 g/mol. The first-order valence-corrected chi connectivity index (χ1v) is 10.3. The number of benzene rings is 2. The maximum atomic E-state index is 9.08. The minimum atomic E-state index is 0. The summed E-state index contributed by atoms with van der Waals surface area (Å²) in [5.41, 5.74) is 0. The van der Waals surface area contributed by atoms with Crippen molar-refractivity contribution in [1.29, 1.82) is 0 Å². The van der Waals surface area contributed by atoms with Crippen LogP contribution in [0, 0.1) is 0 Å². The van der Waals surface area contributed by atoms with E-state index in [0.29, 0.717) is 11.5 Å². The molecule has 0 amide bonds. The summed E-state index contributed by atoms with van der Waals surface area (Å²) in [5, 5.41) is 18.2. The normalized spacial score (nSPS) is 8.58. The molecule has 0 atom stereocenters. The second-order valence-corrected chi connectivity index (χ2v) is 5.92. The smallest absolute Gasteiger partial charge is 0.504 e. The molecule has 0 aliphatic carbocycles. The van der Waals surface area contributed by atoms with E-state index in [-0.39, 0.29) is 49.6 Å². The number of hydrogen-bond donors (Lipinski definition) is 4. The summed E-state index contributed by atoms with van der Waals surface area (Å²) in [6, 6.07) is 33.6. The molecule has 162 valence electrons. The van der Waals surface area contributed by atoms with Crippen LogP contribution in [0.1, 0.15) is 0 Å². The Bertz CT molecular complexity index is 761. The molecule has 4 aromatic rings. The Morgan fingerprint density at radius 1 is 0.581 bits per heavy atom. The molecule has 0 aromatic heterocycles. The summed E-state index contributed by atoms with van der Waals surface area (Å²) in [7, 11) is 0. The zero-order valence-corrected chi connectivity index (χ0v) is 21.2. The third-order valence-electron chi connectivity index (χ3n) is 3.28. The molecule has 0 bridgehead atoms. The minimum absolute atomic E-state index is 0. The molecule has 0 heterocycles. The zero-order valence-electron chi connectivity index (χ0n) is 16.9. The Morgan fingerprint density at radius 3 is 1.13 bits per heavy atom. The second kappa shape index (κ2) is 19.9. The third-order valence-corrected chi connectivity index (χ3v) is 3.54. The molecule has 0 radical (unpaired) electrons. The van der Waals surface area contributed by atoms with Crippen LogP contribution < -0.4 is 9.47 Å². The first-order chi connectivity index (χ1) is 14.7. The minimum Gasteiger partial charge on any atom is -0.504 e. The summed E-state index contributed by atoms with van der Waals surface area (Å²) in [5.74, 6) is 1.79. The van der Waals surface area contributed by atoms with Gasteiger partial charge in [0.25, 0.3) is 0 Å². The third kappa shape index (κ3) is 14.5. The van der Waals surface area contributed by atoms with Gasteiger partial charge in [0.15, 0.2) is 23.0 Å². The molecule has 0 aliphatic heterocycles. The van der Waals surface area contributed by atoms with Gasteiger partial charge in [-0.25, -0.2) is 24.3 Å². The van der Waals surface area contributed by atoms with E-state index in [1.165, 1.54) is 0 Å². The molecule has 4 nitrogen and oxygen atoms in total. The van der Waals surface area contributed by atoms with Crippen LogP contribution in [-0.4, -0.2) is 22.1 Å². The largest absolute Gasteiger partial charge is 2.00 e. The second-order valence-electron chi connectivity index (χ2n) is 5.41. The zero-order chi connectivity index (χ0) is 21.9. The van der Waals surface area contributed by atoms with Gasteiger partial charge >= 0.3 is 26.2 Å². The molecule has 2 N–H and O–H groups in total. The Balaban J connectivity index is 0.000000401. The van der Waals surface area contributed by atoms with Crippen molar-refractivity contribution in [2.24, 2.45) is 0 Å². The topological polar surface area (TPSA) is 58.9 Å². The van der Waals surface area contributed by atoms with Gasteiger partial charge in [0.1, 0.15) is 11.9 Å². The van der Waals surface area contributed by atoms with Crippen molar-refractivity contribution in [3.63, 3.8) is 0 Å². The molecular formula is C24H26O4S2Zr. The van der Waals surface area contributed by atoms with Gasteiger partial charge in [0, 0.05) is 0 Å². The van der Waals surface area contributed by atoms with Crippen molar-refractivity contribution in [2.75, 3.05) is 11.9 Å². The van der Waals surface area contributed by atoms with Crippen molar-refractivity contribution in [1.82, 2.24) is 0 Å². The Labute approximate surface area is 214 Å². The van der Waals surface area contributed by atoms with Gasteiger partial charge in [0.05, 0.1) is 0 Å². The first-order valence-electron chi connectivity index (χ1n) is 9.05. The number of hydrogen-bond acceptors (Lipinski definition) is 6. The molecule has 4 aromatic carbocycles. The van der Waals surface area contributed by atoms with Crippen LogP contribution in [0.25, 0.3) is 0 Å². The van der Waals surface area contributed by atoms with Gasteiger partial charge in [0.2, 0.25) is 0 Å². The predicted octanol–water partition coefficient (Wildman–Crippen LogP) is 6.13. The van der Waals surface area contributed by atoms with Gasteiger partial charge in [-0.1, -0.05) is 24.3 Å². The van der Waals surface area contributed by atoms with Gasteiger partial charge in [-0.3, -0.25) is 0 Å². The molecule has 0 aliphatic rings. The summed E-state index contributed by atoms with van der Waals surface area (Å²) in [6.45, 7) is 0. The fourth-order valence-corrected chi connectivity index (χ4v) is 2.22. The number of phenols is 2. The quantitative estimate of drug-likeness (QED) is 0.145. The number of para-hydroxylation sites is 4. The van der Waals surface area contributed by atoms with Gasteiger partial charge in [-0.15, -0.1) is 25.3 Å². The molecule has 31 heavy (non-hydrogen) atoms. The number of thiol groups is 2. The van der Waals surface area contributed by atoms with E-state index in [1.807, 2.05) is 60.7 Å².